The van der Waals surface area contributed by atoms with Gasteiger partial charge in [0.25, 0.3) is 0 Å². The first-order valence-corrected chi connectivity index (χ1v) is 9.28. The number of carboxylic acid groups (broad SMARTS) is 1. The number of aryl methyl sites for hydroxylation is 1. The molecule has 1 aliphatic rings. The first-order chi connectivity index (χ1) is 12.0. The molecule has 1 aromatic rings. The Morgan fingerprint density at radius 2 is 1.96 bits per heavy atom. The lowest BCUT2D eigenvalue weighted by molar-refractivity contribution is -0.138. The number of likely N-dealkylation sites (N-methyl/N-ethyl adjacent to an activating group) is 1. The maximum atomic E-state index is 12.4. The minimum atomic E-state index is -0.804. The van der Waals surface area contributed by atoms with Crippen molar-refractivity contribution in [1.82, 2.24) is 9.80 Å². The molecular weight excluding hydrogens is 340 g/mol. The van der Waals surface area contributed by atoms with E-state index in [-0.39, 0.29) is 18.5 Å². The summed E-state index contributed by atoms with van der Waals surface area (Å²) in [5.74, 6) is -0.600. The van der Waals surface area contributed by atoms with Gasteiger partial charge in [0.05, 0.1) is 6.54 Å². The molecule has 6 heteroatoms. The summed E-state index contributed by atoms with van der Waals surface area (Å²) in [5.41, 5.74) is 1.20. The van der Waals surface area contributed by atoms with Gasteiger partial charge in [-0.3, -0.25) is 14.5 Å². The molecule has 0 radical (unpaired) electrons. The molecule has 1 unspecified atom stereocenters. The van der Waals surface area contributed by atoms with Gasteiger partial charge < -0.3 is 10.0 Å². The summed E-state index contributed by atoms with van der Waals surface area (Å²) in [5, 5.41) is 9.65. The Kier molecular flexibility index (Phi) is 7.72. The molecule has 5 nitrogen and oxygen atoms in total. The second-order valence-electron chi connectivity index (χ2n) is 6.75. The van der Waals surface area contributed by atoms with Crippen molar-refractivity contribution in [3.8, 4) is 0 Å². The smallest absolute Gasteiger partial charge is 0.317 e. The van der Waals surface area contributed by atoms with Gasteiger partial charge in [-0.2, -0.15) is 0 Å². The normalized spacial score (nSPS) is 18.2. The van der Waals surface area contributed by atoms with E-state index in [2.05, 4.69) is 0 Å². The number of rotatable bonds is 7. The topological polar surface area (TPSA) is 60.9 Å². The number of carboxylic acids is 1. The number of hydrogen-bond donors (Lipinski definition) is 1. The van der Waals surface area contributed by atoms with Gasteiger partial charge in [0, 0.05) is 30.6 Å². The lowest BCUT2D eigenvalue weighted by Gasteiger charge is -2.25. The molecule has 0 bridgehead atoms. The number of benzene rings is 1. The van der Waals surface area contributed by atoms with Gasteiger partial charge in [-0.1, -0.05) is 23.7 Å². The van der Waals surface area contributed by atoms with Gasteiger partial charge >= 0.3 is 5.97 Å². The van der Waals surface area contributed by atoms with Gasteiger partial charge in [0.2, 0.25) is 5.91 Å². The highest BCUT2D eigenvalue weighted by atomic mass is 35.5. The van der Waals surface area contributed by atoms with Crippen LogP contribution in [0.15, 0.2) is 24.3 Å². The Morgan fingerprint density at radius 1 is 1.24 bits per heavy atom. The molecule has 1 atom stereocenters. The summed E-state index contributed by atoms with van der Waals surface area (Å²) in [7, 11) is 1.85. The fraction of sp³-hybridized carbons (Fsp3) is 0.579. The van der Waals surface area contributed by atoms with E-state index in [0.717, 1.165) is 43.7 Å². The van der Waals surface area contributed by atoms with E-state index in [4.69, 9.17) is 16.7 Å². The molecule has 2 rings (SSSR count). The van der Waals surface area contributed by atoms with Crippen molar-refractivity contribution in [3.05, 3.63) is 34.9 Å². The molecule has 0 saturated carbocycles. The van der Waals surface area contributed by atoms with E-state index in [9.17, 15) is 9.59 Å². The Balaban J connectivity index is 1.74. The van der Waals surface area contributed by atoms with Crippen molar-refractivity contribution in [3.63, 3.8) is 0 Å². The summed E-state index contributed by atoms with van der Waals surface area (Å²) >= 11 is 5.88. The quantitative estimate of drug-likeness (QED) is 0.805. The molecule has 1 N–H and O–H groups in total. The van der Waals surface area contributed by atoms with Crippen molar-refractivity contribution in [2.75, 3.05) is 26.7 Å². The molecule has 1 amide bonds. The van der Waals surface area contributed by atoms with Crippen LogP contribution in [-0.4, -0.2) is 59.5 Å². The zero-order valence-electron chi connectivity index (χ0n) is 14.8. The first kappa shape index (κ1) is 19.7. The van der Waals surface area contributed by atoms with E-state index >= 15 is 0 Å². The van der Waals surface area contributed by atoms with Crippen LogP contribution < -0.4 is 0 Å². The van der Waals surface area contributed by atoms with Crippen molar-refractivity contribution < 1.29 is 14.7 Å². The summed E-state index contributed by atoms with van der Waals surface area (Å²) in [6.45, 7) is 1.55. The number of aliphatic carboxylic acids is 1. The van der Waals surface area contributed by atoms with Crippen LogP contribution in [0.4, 0.5) is 0 Å². The molecule has 0 spiro atoms. The molecule has 1 aromatic carbocycles. The summed E-state index contributed by atoms with van der Waals surface area (Å²) in [4.78, 5) is 27.1. The summed E-state index contributed by atoms with van der Waals surface area (Å²) in [6, 6.07) is 7.99. The van der Waals surface area contributed by atoms with E-state index < -0.39 is 5.97 Å². The molecule has 138 valence electrons. The van der Waals surface area contributed by atoms with Crippen molar-refractivity contribution in [2.24, 2.45) is 0 Å². The highest BCUT2D eigenvalue weighted by Crippen LogP contribution is 2.17. The molecule has 1 fully saturated rings. The van der Waals surface area contributed by atoms with Crippen LogP contribution in [0, 0.1) is 0 Å². The maximum Gasteiger partial charge on any atom is 0.317 e. The highest BCUT2D eigenvalue weighted by molar-refractivity contribution is 6.30. The molecule has 0 aromatic heterocycles. The van der Waals surface area contributed by atoms with Crippen molar-refractivity contribution >= 4 is 23.5 Å². The Hall–Kier alpha value is -1.59. The van der Waals surface area contributed by atoms with Gasteiger partial charge in [-0.25, -0.2) is 0 Å². The number of amides is 1. The van der Waals surface area contributed by atoms with Crippen LogP contribution >= 0.6 is 11.6 Å². The number of likely N-dealkylation sites (tertiary alicyclic amines) is 1. The fourth-order valence-corrected chi connectivity index (χ4v) is 3.49. The van der Waals surface area contributed by atoms with E-state index in [1.807, 2.05) is 41.1 Å². The van der Waals surface area contributed by atoms with E-state index in [0.29, 0.717) is 13.0 Å². The fourth-order valence-electron chi connectivity index (χ4n) is 3.36. The van der Waals surface area contributed by atoms with Crippen molar-refractivity contribution in [1.29, 1.82) is 0 Å². The standard InChI is InChI=1S/C19H27ClN2O3/c1-21(14-19(24)25)17-5-3-12-22(13-11-17)18(23)6-2-4-15-7-9-16(20)10-8-15/h7-10,17H,2-6,11-14H2,1H3,(H,24,25). The number of nitrogens with zero attached hydrogens (tertiary/aromatic N) is 2. The molecule has 1 heterocycles. The van der Waals surface area contributed by atoms with Crippen LogP contribution in [0.5, 0.6) is 0 Å². The molecule has 0 aliphatic carbocycles. The monoisotopic (exact) mass is 366 g/mol. The minimum absolute atomic E-state index is 0.0553. The predicted molar refractivity (Wildman–Crippen MR) is 98.9 cm³/mol. The van der Waals surface area contributed by atoms with Gasteiger partial charge in [-0.05, 0) is 56.8 Å². The number of carbonyl (C=O) groups excluding carboxylic acids is 1. The molecule has 25 heavy (non-hydrogen) atoms. The van der Waals surface area contributed by atoms with E-state index in [1.165, 1.54) is 5.56 Å². The SMILES string of the molecule is CN(CC(=O)O)C1CCCN(C(=O)CCCc2ccc(Cl)cc2)CC1. The van der Waals surface area contributed by atoms with Crippen LogP contribution in [0.25, 0.3) is 0 Å². The summed E-state index contributed by atoms with van der Waals surface area (Å²) in [6.07, 6.45) is 4.97. The Morgan fingerprint density at radius 3 is 2.64 bits per heavy atom. The van der Waals surface area contributed by atoms with Crippen LogP contribution in [0.2, 0.25) is 5.02 Å². The largest absolute Gasteiger partial charge is 0.480 e. The Bertz CT molecular complexity index is 577. The predicted octanol–water partition coefficient (Wildman–Crippen LogP) is 3.06. The molecular formula is C19H27ClN2O3. The van der Waals surface area contributed by atoms with Crippen LogP contribution in [0.3, 0.4) is 0 Å². The lowest BCUT2D eigenvalue weighted by Crippen LogP contribution is -2.37. The van der Waals surface area contributed by atoms with Gasteiger partial charge in [0.15, 0.2) is 0 Å². The zero-order chi connectivity index (χ0) is 18.2. The van der Waals surface area contributed by atoms with Gasteiger partial charge in [0.1, 0.15) is 0 Å². The minimum Gasteiger partial charge on any atom is -0.480 e. The number of halogens is 1. The second kappa shape index (κ2) is 9.78. The third kappa shape index (κ3) is 6.67. The number of carbonyl (C=O) groups is 2. The third-order valence-corrected chi connectivity index (χ3v) is 5.08. The van der Waals surface area contributed by atoms with E-state index in [1.54, 1.807) is 0 Å². The maximum absolute atomic E-state index is 12.4. The lowest BCUT2D eigenvalue weighted by atomic mass is 10.1. The van der Waals surface area contributed by atoms with Crippen molar-refractivity contribution in [2.45, 2.75) is 44.6 Å². The third-order valence-electron chi connectivity index (χ3n) is 4.83. The second-order valence-corrected chi connectivity index (χ2v) is 7.19. The molecule has 1 saturated heterocycles. The first-order valence-electron chi connectivity index (χ1n) is 8.90. The zero-order valence-corrected chi connectivity index (χ0v) is 15.5. The van der Waals surface area contributed by atoms with Gasteiger partial charge in [-0.15, -0.1) is 0 Å². The average Bonchev–Trinajstić information content (AvgIpc) is 2.82. The number of hydrogen-bond acceptors (Lipinski definition) is 3. The van der Waals surface area contributed by atoms with Crippen LogP contribution in [0.1, 0.15) is 37.7 Å². The Labute approximate surface area is 154 Å². The summed E-state index contributed by atoms with van der Waals surface area (Å²) < 4.78 is 0. The molecule has 1 aliphatic heterocycles. The van der Waals surface area contributed by atoms with Crippen LogP contribution in [-0.2, 0) is 16.0 Å². The average molecular weight is 367 g/mol. The highest BCUT2D eigenvalue weighted by Gasteiger charge is 2.23.